The minimum atomic E-state index is -4.81. The summed E-state index contributed by atoms with van der Waals surface area (Å²) in [6.45, 7) is 11.0. The molecule has 0 rings (SSSR count). The molecule has 0 aliphatic rings. The first-order chi connectivity index (χ1) is 11.3. The molecule has 0 amide bonds. The van der Waals surface area contributed by atoms with Gasteiger partial charge in [-0.15, -0.1) is 0 Å². The third-order valence-corrected chi connectivity index (χ3v) is 3.85. The average Bonchev–Trinajstić information content (AvgIpc) is 2.57. The van der Waals surface area contributed by atoms with E-state index in [-0.39, 0.29) is 0 Å². The van der Waals surface area contributed by atoms with Crippen molar-refractivity contribution in [1.82, 2.24) is 5.32 Å². The number of nitrogens with one attached hydrogen (secondary N) is 1. The molecule has 0 spiro atoms. The maximum atomic E-state index is 10.2. The lowest BCUT2D eigenvalue weighted by Gasteiger charge is -2.32. The molecule has 0 aromatic rings. The van der Waals surface area contributed by atoms with E-state index in [4.69, 9.17) is 28.6 Å². The van der Waals surface area contributed by atoms with E-state index < -0.39 is 7.82 Å². The maximum Gasteiger partial charge on any atom is 0.500 e. The van der Waals surface area contributed by atoms with E-state index in [1.807, 2.05) is 0 Å². The minimum absolute atomic E-state index is 0.290. The average molecular weight is 377 g/mol. The normalized spacial score (nSPS) is 12.0. The van der Waals surface area contributed by atoms with E-state index in [0.717, 1.165) is 13.2 Å². The van der Waals surface area contributed by atoms with Crippen LogP contribution < -0.4 is 5.32 Å². The molecule has 0 aliphatic carbocycles. The Morgan fingerprint density at radius 2 is 1.38 bits per heavy atom. The Morgan fingerprint density at radius 1 is 0.958 bits per heavy atom. The molecular weight excluding hydrogens is 344 g/mol. The highest BCUT2D eigenvalue weighted by molar-refractivity contribution is 7.46. The predicted molar refractivity (Wildman–Crippen MR) is 89.4 cm³/mol. The fraction of sp³-hybridized carbons (Fsp3) is 1.00. The monoisotopic (exact) mass is 377 g/mol. The Hall–Kier alpha value is -0.120. The molecule has 10 heteroatoms. The van der Waals surface area contributed by atoms with Gasteiger partial charge in [0.15, 0.2) is 0 Å². The van der Waals surface area contributed by atoms with Crippen molar-refractivity contribution in [3.63, 3.8) is 0 Å². The molecule has 3 N–H and O–H groups in total. The van der Waals surface area contributed by atoms with Gasteiger partial charge in [-0.3, -0.25) is 0 Å². The first kappa shape index (κ1) is 26.1. The van der Waals surface area contributed by atoms with Gasteiger partial charge in [0, 0.05) is 19.2 Å². The summed E-state index contributed by atoms with van der Waals surface area (Å²) in [5, 5.41) is 3.61. The molecule has 0 unspecified atom stereocenters. The van der Waals surface area contributed by atoms with Crippen LogP contribution >= 0.6 is 7.82 Å². The van der Waals surface area contributed by atoms with Gasteiger partial charge in [0.2, 0.25) is 0 Å². The summed E-state index contributed by atoms with van der Waals surface area (Å²) in [7, 11) is -3.14. The third kappa shape index (κ3) is 16.7. The Bertz CT molecular complexity index is 305. The molecule has 0 heterocycles. The second kappa shape index (κ2) is 16.4. The lowest BCUT2D eigenvalue weighted by molar-refractivity contribution is -0.0389. The first-order valence-electron chi connectivity index (χ1n) is 8.06. The van der Waals surface area contributed by atoms with Crippen LogP contribution in [0.4, 0.5) is 4.53 Å². The van der Waals surface area contributed by atoms with Crippen molar-refractivity contribution in [3.05, 3.63) is 0 Å². The molecule has 0 radical (unpaired) electrons. The van der Waals surface area contributed by atoms with Crippen molar-refractivity contribution in [3.8, 4) is 0 Å². The van der Waals surface area contributed by atoms with Crippen LogP contribution in [-0.4, -0.2) is 62.0 Å². The Kier molecular flexibility index (Phi) is 17.8. The highest BCUT2D eigenvalue weighted by atomic mass is 31.2. The van der Waals surface area contributed by atoms with Crippen LogP contribution in [0.5, 0.6) is 0 Å². The van der Waals surface area contributed by atoms with Gasteiger partial charge < -0.3 is 29.3 Å². The Balaban J connectivity index is 0. The fourth-order valence-electron chi connectivity index (χ4n) is 1.98. The van der Waals surface area contributed by atoms with Gasteiger partial charge in [-0.05, 0) is 23.8 Å². The van der Waals surface area contributed by atoms with Crippen LogP contribution in [0.3, 0.4) is 0 Å². The van der Waals surface area contributed by atoms with Gasteiger partial charge >= 0.3 is 7.82 Å². The van der Waals surface area contributed by atoms with Crippen molar-refractivity contribution in [2.24, 2.45) is 0 Å². The summed E-state index contributed by atoms with van der Waals surface area (Å²) in [4.78, 5) is 14.7. The Labute approximate surface area is 144 Å². The van der Waals surface area contributed by atoms with Crippen LogP contribution in [0.25, 0.3) is 0 Å². The number of phosphoric acid groups is 1. The fourth-order valence-corrected chi connectivity index (χ4v) is 1.98. The number of hydrogen-bond donors (Lipinski definition) is 3. The van der Waals surface area contributed by atoms with Crippen LogP contribution in [0, 0.1) is 0 Å². The van der Waals surface area contributed by atoms with Crippen LogP contribution in [0.2, 0.25) is 0 Å². The molecule has 148 valence electrons. The molecular formula is C14H33FNO7P. The molecule has 0 atom stereocenters. The Morgan fingerprint density at radius 3 is 1.75 bits per heavy atom. The van der Waals surface area contributed by atoms with Crippen LogP contribution in [0.1, 0.15) is 40.0 Å². The quantitative estimate of drug-likeness (QED) is 0.312. The number of halogens is 1. The summed E-state index contributed by atoms with van der Waals surface area (Å²) < 4.78 is 37.2. The number of hydrogen-bond acceptors (Lipinski definition) is 6. The number of methoxy groups -OCH3 is 1. The van der Waals surface area contributed by atoms with Crippen molar-refractivity contribution < 1.29 is 37.8 Å². The lowest BCUT2D eigenvalue weighted by Crippen LogP contribution is -2.45. The van der Waals surface area contributed by atoms with E-state index in [1.165, 1.54) is 19.3 Å². The number of rotatable bonds is 14. The predicted octanol–water partition coefficient (Wildman–Crippen LogP) is 2.20. The molecule has 0 bridgehead atoms. The zero-order valence-corrected chi connectivity index (χ0v) is 16.0. The van der Waals surface area contributed by atoms with E-state index in [9.17, 15) is 4.53 Å². The van der Waals surface area contributed by atoms with Gasteiger partial charge in [0.25, 0.3) is 0 Å². The van der Waals surface area contributed by atoms with Crippen LogP contribution in [-0.2, 0) is 23.5 Å². The topological polar surface area (TPSA) is 106 Å². The maximum absolute atomic E-state index is 10.2. The van der Waals surface area contributed by atoms with Gasteiger partial charge in [-0.25, -0.2) is 4.57 Å². The van der Waals surface area contributed by atoms with Crippen molar-refractivity contribution in [1.29, 1.82) is 0 Å². The van der Waals surface area contributed by atoms with Crippen molar-refractivity contribution in [2.45, 2.75) is 45.6 Å². The standard InChI is InChI=1S/C14H31NO3.FH2O4P/c1-5-14(6-2,7-3)15-8-9-17-12-13-18-11-10-16-4;1-5-6(2,3)4/h15H,5-13H2,1-4H3;(H2,2,3,4). The molecule has 0 aliphatic heterocycles. The highest BCUT2D eigenvalue weighted by Crippen LogP contribution is 2.35. The zero-order chi connectivity index (χ0) is 18.9. The second-order valence-electron chi connectivity index (χ2n) is 5.04. The summed E-state index contributed by atoms with van der Waals surface area (Å²) >= 11 is 0. The SMILES string of the molecule is CCC(CC)(CC)NCCOCCOCCOC.O=P(O)(O)OF. The largest absolute Gasteiger partial charge is 0.500 e. The second-order valence-corrected chi connectivity index (χ2v) is 6.16. The molecule has 0 aromatic heterocycles. The smallest absolute Gasteiger partial charge is 0.382 e. The number of ether oxygens (including phenoxy) is 3. The lowest BCUT2D eigenvalue weighted by atomic mass is 9.90. The third-order valence-electron chi connectivity index (χ3n) is 3.67. The molecule has 24 heavy (non-hydrogen) atoms. The molecule has 0 saturated carbocycles. The van der Waals surface area contributed by atoms with E-state index in [0.29, 0.717) is 32.0 Å². The van der Waals surface area contributed by atoms with Crippen LogP contribution in [0.15, 0.2) is 0 Å². The summed E-state index contributed by atoms with van der Waals surface area (Å²) in [6.07, 6.45) is 3.50. The molecule has 0 saturated heterocycles. The van der Waals surface area contributed by atoms with Crippen molar-refractivity contribution in [2.75, 3.05) is 46.7 Å². The van der Waals surface area contributed by atoms with Gasteiger partial charge in [-0.2, -0.15) is 0 Å². The van der Waals surface area contributed by atoms with E-state index in [1.54, 1.807) is 7.11 Å². The summed E-state index contributed by atoms with van der Waals surface area (Å²) in [5.41, 5.74) is 0.290. The van der Waals surface area contributed by atoms with E-state index >= 15 is 0 Å². The minimum Gasteiger partial charge on any atom is -0.382 e. The molecule has 0 aromatic carbocycles. The van der Waals surface area contributed by atoms with Crippen molar-refractivity contribution >= 4 is 7.82 Å². The highest BCUT2D eigenvalue weighted by Gasteiger charge is 2.22. The molecule has 0 fully saturated rings. The van der Waals surface area contributed by atoms with Gasteiger partial charge in [-0.1, -0.05) is 25.5 Å². The van der Waals surface area contributed by atoms with Gasteiger partial charge in [0.05, 0.1) is 33.0 Å². The van der Waals surface area contributed by atoms with Gasteiger partial charge in [0.1, 0.15) is 0 Å². The first-order valence-corrected chi connectivity index (χ1v) is 9.59. The zero-order valence-electron chi connectivity index (χ0n) is 15.1. The molecule has 8 nitrogen and oxygen atoms in total. The summed E-state index contributed by atoms with van der Waals surface area (Å²) in [6, 6.07) is 0. The summed E-state index contributed by atoms with van der Waals surface area (Å²) in [5.74, 6) is 0. The van der Waals surface area contributed by atoms with E-state index in [2.05, 4.69) is 30.8 Å².